The average molecular weight is 1240 g/mol. The highest BCUT2D eigenvalue weighted by atomic mass is 31.2. The fourth-order valence-electron chi connectivity index (χ4n) is 10.6. The van der Waals surface area contributed by atoms with E-state index in [2.05, 4.69) is 20.3 Å². The van der Waals surface area contributed by atoms with Crippen molar-refractivity contribution in [3.8, 4) is 17.2 Å². The van der Waals surface area contributed by atoms with Crippen molar-refractivity contribution in [1.82, 2.24) is 24.2 Å². The van der Waals surface area contributed by atoms with E-state index < -0.39 is 111 Å². The summed E-state index contributed by atoms with van der Waals surface area (Å²) in [5.74, 6) is -1.67. The van der Waals surface area contributed by atoms with Gasteiger partial charge in [-0.2, -0.15) is 0 Å². The van der Waals surface area contributed by atoms with Gasteiger partial charge >= 0.3 is 31.6 Å². The summed E-state index contributed by atoms with van der Waals surface area (Å²) in [6, 6.07) is 32.9. The van der Waals surface area contributed by atoms with Crippen LogP contribution in [0.4, 0.5) is 5.82 Å². The third-order valence-corrected chi connectivity index (χ3v) is 16.8. The summed E-state index contributed by atoms with van der Waals surface area (Å²) in [5, 5.41) is 2.79. The number of amides is 1. The summed E-state index contributed by atoms with van der Waals surface area (Å²) < 4.78 is 98.3. The molecule has 0 saturated carbocycles. The van der Waals surface area contributed by atoms with E-state index in [9.17, 15) is 24.0 Å². The minimum absolute atomic E-state index is 0.0296. The number of nitrogens with one attached hydrogen (secondary N) is 1. The van der Waals surface area contributed by atoms with Crippen LogP contribution in [0.3, 0.4) is 0 Å². The minimum Gasteiger partial charge on any atom is -0.497 e. The molecule has 9 atom stereocenters. The summed E-state index contributed by atoms with van der Waals surface area (Å²) in [5.41, 5.74) is 1.48. The van der Waals surface area contributed by atoms with Gasteiger partial charge in [-0.25, -0.2) is 24.2 Å². The molecule has 6 aromatic rings. The van der Waals surface area contributed by atoms with Crippen LogP contribution in [0.5, 0.6) is 17.2 Å². The molecule has 4 heterocycles. The average Bonchev–Trinajstić information content (AvgIpc) is 1.68. The van der Waals surface area contributed by atoms with Gasteiger partial charge in [0.1, 0.15) is 60.3 Å². The van der Waals surface area contributed by atoms with Crippen LogP contribution in [0.15, 0.2) is 122 Å². The highest BCUT2D eigenvalue weighted by Crippen LogP contribution is 2.58. The van der Waals surface area contributed by atoms with Gasteiger partial charge < -0.3 is 57.4 Å². The Morgan fingerprint density at radius 1 is 0.670 bits per heavy atom. The lowest BCUT2D eigenvalue weighted by molar-refractivity contribution is -0.308. The van der Waals surface area contributed by atoms with E-state index in [0.29, 0.717) is 22.9 Å². The van der Waals surface area contributed by atoms with E-state index in [1.165, 1.54) is 19.6 Å². The molecule has 25 nitrogen and oxygen atoms in total. The molecule has 2 fully saturated rings. The van der Waals surface area contributed by atoms with Crippen LogP contribution < -0.4 is 19.5 Å². The largest absolute Gasteiger partial charge is 0.497 e. The predicted molar refractivity (Wildman–Crippen MR) is 316 cm³/mol. The number of fused-ring (bicyclic) bond motifs is 1. The summed E-state index contributed by atoms with van der Waals surface area (Å²) in [4.78, 5) is 76.1. The number of benzene rings is 4. The van der Waals surface area contributed by atoms with E-state index in [1.807, 2.05) is 113 Å². The van der Waals surface area contributed by atoms with Crippen LogP contribution in [0.25, 0.3) is 11.2 Å². The Kier molecular flexibility index (Phi) is 22.8. The Morgan fingerprint density at radius 2 is 1.25 bits per heavy atom. The first-order valence-corrected chi connectivity index (χ1v) is 30.2. The standard InChI is InChI=1S/C62H75N6O19P/c1-38(2)68(39(3)4)88(74,81-31-17-30-77-61-58(84-43(8)72)57(83-42(7)71)56(82-41(6)70)52(86-61)33-78-40(5)69)87-50-32-54(67-37-65-55-59(63-36-64-60(55)67)66-53(73)35-79-49-20-15-12-16-21-49)85-51(50)34-80-62(44-18-13-11-14-19-44,45-22-26-47(75-9)27-23-45)46-24-28-48(76-10)29-25-46/h11-16,18-29,36-39,50-52,54,56-58,61H,17,30-35H2,1-10H3,(H,63,64,66,73)/t50-,51+,52+,54+,56+,57-,58+,61+,88?/m0/s1. The van der Waals surface area contributed by atoms with Crippen molar-refractivity contribution in [3.05, 3.63) is 139 Å². The van der Waals surface area contributed by atoms with E-state index in [1.54, 1.807) is 47.7 Å². The molecule has 2 aliphatic heterocycles. The number of hydrogen-bond donors (Lipinski definition) is 1. The van der Waals surface area contributed by atoms with Crippen molar-refractivity contribution < 1.29 is 89.7 Å². The van der Waals surface area contributed by atoms with Gasteiger partial charge in [-0.05, 0) is 87.2 Å². The van der Waals surface area contributed by atoms with Gasteiger partial charge in [-0.15, -0.1) is 0 Å². The lowest BCUT2D eigenvalue weighted by Crippen LogP contribution is -2.63. The fraction of sp³-hybridized carbons (Fsp3) is 0.452. The maximum Gasteiger partial charge on any atom is 0.409 e. The first kappa shape index (κ1) is 66.1. The van der Waals surface area contributed by atoms with Crippen LogP contribution in [-0.4, -0.2) is 156 Å². The summed E-state index contributed by atoms with van der Waals surface area (Å²) in [6.45, 7) is 10.6. The zero-order valence-electron chi connectivity index (χ0n) is 50.7. The summed E-state index contributed by atoms with van der Waals surface area (Å²) in [6.07, 6.45) is -7.09. The minimum atomic E-state index is -4.42. The summed E-state index contributed by atoms with van der Waals surface area (Å²) >= 11 is 0. The van der Waals surface area contributed by atoms with E-state index in [4.69, 9.17) is 61.2 Å². The van der Waals surface area contributed by atoms with Crippen LogP contribution >= 0.6 is 7.75 Å². The Bertz CT molecular complexity index is 3280. The molecule has 2 aromatic heterocycles. The van der Waals surface area contributed by atoms with Gasteiger partial charge in [-0.3, -0.25) is 37.6 Å². The molecule has 2 aliphatic rings. The molecule has 472 valence electrons. The molecule has 1 amide bonds. The number of anilines is 1. The van der Waals surface area contributed by atoms with Crippen molar-refractivity contribution >= 4 is 54.5 Å². The van der Waals surface area contributed by atoms with Gasteiger partial charge in [0, 0.05) is 46.2 Å². The Hall–Kier alpha value is -7.87. The molecular weight excluding hydrogens is 1160 g/mol. The molecule has 2 saturated heterocycles. The first-order valence-electron chi connectivity index (χ1n) is 28.7. The highest BCUT2D eigenvalue weighted by molar-refractivity contribution is 7.51. The molecule has 88 heavy (non-hydrogen) atoms. The Balaban J connectivity index is 1.12. The van der Waals surface area contributed by atoms with Crippen LogP contribution in [0.1, 0.15) is 91.1 Å². The molecule has 8 rings (SSSR count). The molecular formula is C62H75N6O19P. The quantitative estimate of drug-likeness (QED) is 0.0152. The second kappa shape index (κ2) is 30.4. The molecule has 26 heteroatoms. The van der Waals surface area contributed by atoms with Crippen LogP contribution in [-0.2, 0) is 81.1 Å². The van der Waals surface area contributed by atoms with Gasteiger partial charge in [0.15, 0.2) is 48.2 Å². The van der Waals surface area contributed by atoms with Crippen LogP contribution in [0.2, 0.25) is 0 Å². The molecule has 0 aliphatic carbocycles. The van der Waals surface area contributed by atoms with Crippen molar-refractivity contribution in [3.63, 3.8) is 0 Å². The van der Waals surface area contributed by atoms with E-state index >= 15 is 4.57 Å². The number of imidazole rings is 1. The van der Waals surface area contributed by atoms with Crippen molar-refractivity contribution in [2.75, 3.05) is 52.6 Å². The highest BCUT2D eigenvalue weighted by Gasteiger charge is 2.53. The maximum atomic E-state index is 16.1. The third kappa shape index (κ3) is 16.2. The Labute approximate surface area is 510 Å². The molecule has 1 unspecified atom stereocenters. The predicted octanol–water partition coefficient (Wildman–Crippen LogP) is 8.28. The van der Waals surface area contributed by atoms with Crippen molar-refractivity contribution in [2.24, 2.45) is 0 Å². The van der Waals surface area contributed by atoms with E-state index in [0.717, 1.165) is 37.5 Å². The molecule has 0 radical (unpaired) electrons. The lowest BCUT2D eigenvalue weighted by atomic mass is 9.80. The molecule has 0 spiro atoms. The SMILES string of the molecule is COc1ccc(C(OC[C@H]2O[C@@H](n3cnc4c(NC(=O)COc5ccccc5)ncnc43)C[C@@H]2OP(=O)(OCCCO[C@@H]2O[C@H](COC(C)=O)[C@@H](OC(C)=O)[C@H](OC(C)=O)[C@H]2OC(C)=O)N(C(C)C)C(C)C)(c2ccccc2)c2ccc(OC)cc2)cc1. The number of nitrogens with zero attached hydrogens (tertiary/aromatic N) is 5. The molecule has 4 aromatic carbocycles. The zero-order chi connectivity index (χ0) is 63.1. The van der Waals surface area contributed by atoms with Gasteiger partial charge in [-0.1, -0.05) is 72.8 Å². The second-order valence-corrected chi connectivity index (χ2v) is 23.0. The Morgan fingerprint density at radius 3 is 1.83 bits per heavy atom. The fourth-order valence-corrected chi connectivity index (χ4v) is 13.0. The first-order chi connectivity index (χ1) is 42.2. The zero-order valence-corrected chi connectivity index (χ0v) is 51.6. The number of para-hydroxylation sites is 1. The van der Waals surface area contributed by atoms with Gasteiger partial charge in [0.2, 0.25) is 0 Å². The normalized spacial score (nSPS) is 20.9. The van der Waals surface area contributed by atoms with Crippen LogP contribution in [0, 0.1) is 0 Å². The number of methoxy groups -OCH3 is 2. The van der Waals surface area contributed by atoms with Gasteiger partial charge in [0.25, 0.3) is 5.91 Å². The topological polar surface area (TPSA) is 281 Å². The van der Waals surface area contributed by atoms with E-state index in [-0.39, 0.29) is 50.6 Å². The number of hydrogen-bond acceptors (Lipinski definition) is 22. The molecule has 0 bridgehead atoms. The smallest absolute Gasteiger partial charge is 0.409 e. The molecule has 1 N–H and O–H groups in total. The number of carbonyl (C=O) groups is 5. The number of esters is 4. The van der Waals surface area contributed by atoms with Gasteiger partial charge in [0.05, 0.1) is 40.4 Å². The number of carbonyl (C=O) groups excluding carboxylic acids is 5. The lowest BCUT2D eigenvalue weighted by Gasteiger charge is -2.44. The number of rotatable bonds is 29. The van der Waals surface area contributed by atoms with Crippen molar-refractivity contribution in [1.29, 1.82) is 0 Å². The number of aromatic nitrogens is 4. The van der Waals surface area contributed by atoms with Crippen molar-refractivity contribution in [2.45, 2.75) is 135 Å². The monoisotopic (exact) mass is 1240 g/mol. The summed E-state index contributed by atoms with van der Waals surface area (Å²) in [7, 11) is -1.24. The third-order valence-electron chi connectivity index (χ3n) is 14.2. The number of ether oxygens (including phenoxy) is 11. The second-order valence-electron chi connectivity index (χ2n) is 21.2. The maximum absolute atomic E-state index is 16.1.